The maximum atomic E-state index is 14.0. The van der Waals surface area contributed by atoms with Gasteiger partial charge in [0.2, 0.25) is 0 Å². The van der Waals surface area contributed by atoms with E-state index >= 15 is 0 Å². The van der Waals surface area contributed by atoms with Gasteiger partial charge in [0.05, 0.1) is 25.5 Å². The van der Waals surface area contributed by atoms with Crippen molar-refractivity contribution in [3.63, 3.8) is 0 Å². The highest BCUT2D eigenvalue weighted by molar-refractivity contribution is 5.80. The van der Waals surface area contributed by atoms with E-state index in [0.29, 0.717) is 50.9 Å². The van der Waals surface area contributed by atoms with Gasteiger partial charge in [-0.05, 0) is 19.1 Å². The molecule has 0 atom stereocenters. The van der Waals surface area contributed by atoms with E-state index in [-0.39, 0.29) is 12.2 Å². The lowest BCUT2D eigenvalue weighted by Crippen LogP contribution is -2.52. The molecule has 0 saturated carbocycles. The maximum absolute atomic E-state index is 14.0. The zero-order chi connectivity index (χ0) is 21.5. The second kappa shape index (κ2) is 9.99. The van der Waals surface area contributed by atoms with E-state index < -0.39 is 17.6 Å². The number of esters is 1. The molecule has 1 aliphatic rings. The van der Waals surface area contributed by atoms with Crippen molar-refractivity contribution in [1.82, 2.24) is 25.2 Å². The monoisotopic (exact) mass is 421 g/mol. The van der Waals surface area contributed by atoms with Crippen LogP contribution in [0.4, 0.5) is 14.5 Å². The molecule has 0 amide bonds. The van der Waals surface area contributed by atoms with Gasteiger partial charge in [-0.3, -0.25) is 4.79 Å². The molecular weight excluding hydrogens is 396 g/mol. The molecule has 0 radical (unpaired) electrons. The summed E-state index contributed by atoms with van der Waals surface area (Å²) in [6, 6.07) is 3.49. The van der Waals surface area contributed by atoms with Gasteiger partial charge in [0.25, 0.3) is 0 Å². The van der Waals surface area contributed by atoms with Gasteiger partial charge >= 0.3 is 5.97 Å². The van der Waals surface area contributed by atoms with Crippen LogP contribution in [0.2, 0.25) is 0 Å². The van der Waals surface area contributed by atoms with Crippen molar-refractivity contribution in [3.05, 3.63) is 41.7 Å². The molecule has 1 saturated heterocycles. The van der Waals surface area contributed by atoms with Crippen LogP contribution in [0.5, 0.6) is 0 Å². The van der Waals surface area contributed by atoms with Crippen molar-refractivity contribution >= 4 is 17.6 Å². The van der Waals surface area contributed by atoms with Crippen LogP contribution in [0.1, 0.15) is 12.6 Å². The van der Waals surface area contributed by atoms with Gasteiger partial charge in [-0.15, -0.1) is 5.10 Å². The van der Waals surface area contributed by atoms with Gasteiger partial charge in [-0.25, -0.2) is 18.5 Å². The third kappa shape index (κ3) is 5.43. The van der Waals surface area contributed by atoms with E-state index in [4.69, 9.17) is 0 Å². The van der Waals surface area contributed by atoms with Gasteiger partial charge in [-0.2, -0.15) is 0 Å². The highest BCUT2D eigenvalue weighted by Gasteiger charge is 2.22. The Morgan fingerprint density at radius 1 is 1.27 bits per heavy atom. The number of carbonyl (C=O) groups excluding carboxylic acids is 1. The summed E-state index contributed by atoms with van der Waals surface area (Å²) in [5.74, 6) is -0.584. The number of guanidine groups is 1. The summed E-state index contributed by atoms with van der Waals surface area (Å²) < 4.78 is 33.5. The highest BCUT2D eigenvalue weighted by Crippen LogP contribution is 2.22. The minimum absolute atomic E-state index is 0.00805. The van der Waals surface area contributed by atoms with Crippen LogP contribution in [0, 0.1) is 11.6 Å². The molecule has 9 nitrogen and oxygen atoms in total. The SMILES string of the molecule is CCNC(=NCc1cn(CC(=O)OC)nn1)N1CCN(c2cc(F)ccc2F)CC1. The number of hydrogen-bond acceptors (Lipinski definition) is 6. The lowest BCUT2D eigenvalue weighted by Gasteiger charge is -2.37. The Bertz CT molecular complexity index is 895. The molecule has 0 spiro atoms. The van der Waals surface area contributed by atoms with Gasteiger partial charge < -0.3 is 19.9 Å². The van der Waals surface area contributed by atoms with Crippen LogP contribution in [0.15, 0.2) is 29.4 Å². The Morgan fingerprint density at radius 2 is 2.03 bits per heavy atom. The van der Waals surface area contributed by atoms with Crippen molar-refractivity contribution in [1.29, 1.82) is 0 Å². The number of carbonyl (C=O) groups is 1. The number of piperazine rings is 1. The van der Waals surface area contributed by atoms with Crippen molar-refractivity contribution in [2.75, 3.05) is 44.7 Å². The van der Waals surface area contributed by atoms with Gasteiger partial charge in [-0.1, -0.05) is 5.21 Å². The number of nitrogens with one attached hydrogen (secondary N) is 1. The first-order chi connectivity index (χ1) is 14.5. The third-order valence-corrected chi connectivity index (χ3v) is 4.66. The number of nitrogens with zero attached hydrogens (tertiary/aromatic N) is 6. The van der Waals surface area contributed by atoms with Crippen molar-refractivity contribution in [2.45, 2.75) is 20.0 Å². The van der Waals surface area contributed by atoms with E-state index in [1.807, 2.05) is 11.8 Å². The molecule has 11 heteroatoms. The first-order valence-corrected chi connectivity index (χ1v) is 9.69. The smallest absolute Gasteiger partial charge is 0.327 e. The maximum Gasteiger partial charge on any atom is 0.327 e. The zero-order valence-electron chi connectivity index (χ0n) is 17.0. The largest absolute Gasteiger partial charge is 0.468 e. The van der Waals surface area contributed by atoms with E-state index in [0.717, 1.165) is 12.1 Å². The second-order valence-electron chi connectivity index (χ2n) is 6.72. The molecule has 0 aliphatic carbocycles. The molecule has 3 rings (SSSR count). The van der Waals surface area contributed by atoms with Crippen molar-refractivity contribution in [2.24, 2.45) is 4.99 Å². The summed E-state index contributed by atoms with van der Waals surface area (Å²) in [5, 5.41) is 11.1. The molecule has 30 heavy (non-hydrogen) atoms. The predicted octanol–water partition coefficient (Wildman–Crippen LogP) is 1.02. The van der Waals surface area contributed by atoms with Crippen LogP contribution in [0.25, 0.3) is 0 Å². The minimum atomic E-state index is -0.455. The average molecular weight is 421 g/mol. The first kappa shape index (κ1) is 21.5. The molecule has 1 N–H and O–H groups in total. The van der Waals surface area contributed by atoms with Crippen LogP contribution >= 0.6 is 0 Å². The average Bonchev–Trinajstić information content (AvgIpc) is 3.20. The fraction of sp³-hybridized carbons (Fsp3) is 0.474. The minimum Gasteiger partial charge on any atom is -0.468 e. The van der Waals surface area contributed by atoms with E-state index in [1.54, 1.807) is 6.20 Å². The summed E-state index contributed by atoms with van der Waals surface area (Å²) in [6.07, 6.45) is 1.65. The molecule has 0 unspecified atom stereocenters. The summed E-state index contributed by atoms with van der Waals surface area (Å²) in [7, 11) is 1.32. The summed E-state index contributed by atoms with van der Waals surface area (Å²) in [6.45, 7) is 5.25. The Labute approximate surface area is 173 Å². The van der Waals surface area contributed by atoms with E-state index in [1.165, 1.54) is 17.9 Å². The standard InChI is InChI=1S/C19H25F2N7O2/c1-3-22-19(23-11-15-12-28(25-24-15)13-18(29)30-2)27-8-6-26(7-9-27)17-10-14(20)4-5-16(17)21/h4-5,10,12H,3,6-9,11,13H2,1-2H3,(H,22,23). The van der Waals surface area contributed by atoms with E-state index in [9.17, 15) is 13.6 Å². The topological polar surface area (TPSA) is 87.9 Å². The number of anilines is 1. The molecule has 1 aromatic heterocycles. The number of halogens is 2. The quantitative estimate of drug-likeness (QED) is 0.423. The Morgan fingerprint density at radius 3 is 2.73 bits per heavy atom. The van der Waals surface area contributed by atoms with Crippen LogP contribution in [-0.2, 0) is 22.6 Å². The normalized spacial score (nSPS) is 14.7. The fourth-order valence-corrected chi connectivity index (χ4v) is 3.15. The summed E-state index contributed by atoms with van der Waals surface area (Å²) >= 11 is 0. The van der Waals surface area contributed by atoms with Crippen molar-refractivity contribution in [3.8, 4) is 0 Å². The molecule has 2 aromatic rings. The fourth-order valence-electron chi connectivity index (χ4n) is 3.15. The number of hydrogen-bond donors (Lipinski definition) is 1. The lowest BCUT2D eigenvalue weighted by molar-refractivity contribution is -0.141. The molecule has 1 fully saturated rings. The number of aromatic nitrogens is 3. The zero-order valence-corrected chi connectivity index (χ0v) is 17.0. The predicted molar refractivity (Wildman–Crippen MR) is 107 cm³/mol. The number of rotatable bonds is 6. The van der Waals surface area contributed by atoms with Crippen LogP contribution in [-0.4, -0.2) is 71.7 Å². The number of methoxy groups -OCH3 is 1. The summed E-state index contributed by atoms with van der Waals surface area (Å²) in [4.78, 5) is 19.8. The Kier molecular flexibility index (Phi) is 7.15. The van der Waals surface area contributed by atoms with Gasteiger partial charge in [0.1, 0.15) is 23.9 Å². The number of ether oxygens (including phenoxy) is 1. The summed E-state index contributed by atoms with van der Waals surface area (Å²) in [5.41, 5.74) is 0.897. The van der Waals surface area contributed by atoms with Crippen LogP contribution < -0.4 is 10.2 Å². The third-order valence-electron chi connectivity index (χ3n) is 4.66. The Hall–Kier alpha value is -3.24. The first-order valence-electron chi connectivity index (χ1n) is 9.69. The highest BCUT2D eigenvalue weighted by atomic mass is 19.1. The second-order valence-corrected chi connectivity index (χ2v) is 6.72. The molecule has 1 aromatic carbocycles. The molecular formula is C19H25F2N7O2. The molecule has 162 valence electrons. The molecule has 0 bridgehead atoms. The van der Waals surface area contributed by atoms with E-state index in [2.05, 4.69) is 30.3 Å². The lowest BCUT2D eigenvalue weighted by atomic mass is 10.2. The van der Waals surface area contributed by atoms with Gasteiger partial charge in [0.15, 0.2) is 5.96 Å². The number of benzene rings is 1. The van der Waals surface area contributed by atoms with Crippen LogP contribution in [0.3, 0.4) is 0 Å². The molecule has 1 aliphatic heterocycles. The Balaban J connectivity index is 1.61. The van der Waals surface area contributed by atoms with Gasteiger partial charge in [0, 0.05) is 38.8 Å². The molecule has 2 heterocycles. The van der Waals surface area contributed by atoms with Crippen molar-refractivity contribution < 1.29 is 18.3 Å². The number of aliphatic imine (C=N–C) groups is 1.